The number of furan rings is 1. The highest BCUT2D eigenvalue weighted by molar-refractivity contribution is 6.05. The molecule has 0 spiro atoms. The molecule has 1 aromatic heterocycles. The smallest absolute Gasteiger partial charge is 0.291 e. The monoisotopic (exact) mass is 362 g/mol. The van der Waals surface area contributed by atoms with Gasteiger partial charge in [-0.15, -0.1) is 0 Å². The first kappa shape index (κ1) is 18.0. The van der Waals surface area contributed by atoms with Gasteiger partial charge in [-0.25, -0.2) is 0 Å². The van der Waals surface area contributed by atoms with Crippen LogP contribution in [0.4, 0.5) is 11.4 Å². The summed E-state index contributed by atoms with van der Waals surface area (Å²) in [5.74, 6) is 0.246. The van der Waals surface area contributed by atoms with Crippen molar-refractivity contribution in [3.8, 4) is 5.75 Å². The molecular weight excluding hydrogens is 344 g/mol. The van der Waals surface area contributed by atoms with E-state index in [0.29, 0.717) is 29.3 Å². The van der Waals surface area contributed by atoms with Crippen LogP contribution < -0.4 is 15.4 Å². The number of rotatable bonds is 7. The molecule has 136 valence electrons. The second kappa shape index (κ2) is 8.53. The minimum absolute atomic E-state index is 0.211. The molecule has 0 radical (unpaired) electrons. The summed E-state index contributed by atoms with van der Waals surface area (Å²) in [5.41, 5.74) is 1.59. The van der Waals surface area contributed by atoms with Crippen LogP contribution in [0.25, 0.3) is 0 Å². The molecule has 3 aromatic rings. The van der Waals surface area contributed by atoms with Crippen LogP contribution in [0.1, 0.15) is 20.9 Å². The van der Waals surface area contributed by atoms with Crippen LogP contribution in [0.5, 0.6) is 5.75 Å². The van der Waals surface area contributed by atoms with Gasteiger partial charge in [0.25, 0.3) is 11.8 Å². The molecule has 2 N–H and O–H groups in total. The summed E-state index contributed by atoms with van der Waals surface area (Å²) in [6.45, 7) is 3.99. The third-order valence-corrected chi connectivity index (χ3v) is 3.61. The summed E-state index contributed by atoms with van der Waals surface area (Å²) in [5, 5.41) is 5.51. The third-order valence-electron chi connectivity index (χ3n) is 3.61. The highest BCUT2D eigenvalue weighted by Crippen LogP contribution is 2.18. The largest absolute Gasteiger partial charge is 0.490 e. The molecule has 1 heterocycles. The van der Waals surface area contributed by atoms with Crippen molar-refractivity contribution in [2.75, 3.05) is 17.2 Å². The Morgan fingerprint density at radius 1 is 0.963 bits per heavy atom. The van der Waals surface area contributed by atoms with Crippen molar-refractivity contribution in [2.24, 2.45) is 0 Å². The number of carbonyl (C=O) groups is 2. The zero-order chi connectivity index (χ0) is 19.1. The molecule has 0 aliphatic heterocycles. The van der Waals surface area contributed by atoms with Gasteiger partial charge >= 0.3 is 0 Å². The summed E-state index contributed by atoms with van der Waals surface area (Å²) in [7, 11) is 0. The molecule has 0 bridgehead atoms. The van der Waals surface area contributed by atoms with Crippen LogP contribution in [0.2, 0.25) is 0 Å². The number of benzene rings is 2. The first-order valence-electron chi connectivity index (χ1n) is 8.26. The fourth-order valence-corrected chi connectivity index (χ4v) is 2.34. The van der Waals surface area contributed by atoms with Gasteiger partial charge < -0.3 is 19.8 Å². The fourth-order valence-electron chi connectivity index (χ4n) is 2.34. The van der Waals surface area contributed by atoms with E-state index in [1.807, 2.05) is 0 Å². The molecule has 6 nitrogen and oxygen atoms in total. The molecule has 6 heteroatoms. The first-order valence-corrected chi connectivity index (χ1v) is 8.26. The lowest BCUT2D eigenvalue weighted by molar-refractivity contribution is 0.0995. The lowest BCUT2D eigenvalue weighted by Crippen LogP contribution is -2.13. The second-order valence-electron chi connectivity index (χ2n) is 5.59. The molecule has 0 fully saturated rings. The zero-order valence-corrected chi connectivity index (χ0v) is 14.5. The maximum absolute atomic E-state index is 12.4. The Balaban J connectivity index is 1.64. The van der Waals surface area contributed by atoms with Crippen LogP contribution in [0.15, 0.2) is 84.0 Å². The van der Waals surface area contributed by atoms with Crippen molar-refractivity contribution >= 4 is 23.2 Å². The highest BCUT2D eigenvalue weighted by atomic mass is 16.5. The van der Waals surface area contributed by atoms with E-state index in [9.17, 15) is 9.59 Å². The van der Waals surface area contributed by atoms with Crippen LogP contribution in [0, 0.1) is 0 Å². The van der Waals surface area contributed by atoms with Crippen LogP contribution >= 0.6 is 0 Å². The average Bonchev–Trinajstić information content (AvgIpc) is 3.22. The predicted octanol–water partition coefficient (Wildman–Crippen LogP) is 4.35. The normalized spacial score (nSPS) is 10.1. The fraction of sp³-hybridized carbons (Fsp3) is 0.0476. The van der Waals surface area contributed by atoms with Crippen LogP contribution in [-0.4, -0.2) is 18.4 Å². The molecule has 0 saturated heterocycles. The highest BCUT2D eigenvalue weighted by Gasteiger charge is 2.10. The van der Waals surface area contributed by atoms with Gasteiger partial charge in [0.05, 0.1) is 6.26 Å². The van der Waals surface area contributed by atoms with E-state index >= 15 is 0 Å². The van der Waals surface area contributed by atoms with Gasteiger partial charge in [0.15, 0.2) is 5.76 Å². The third kappa shape index (κ3) is 4.85. The quantitative estimate of drug-likeness (QED) is 0.612. The van der Waals surface area contributed by atoms with Crippen molar-refractivity contribution in [3.63, 3.8) is 0 Å². The Kier molecular flexibility index (Phi) is 5.69. The van der Waals surface area contributed by atoms with E-state index in [-0.39, 0.29) is 17.6 Å². The molecule has 27 heavy (non-hydrogen) atoms. The minimum Gasteiger partial charge on any atom is -0.490 e. The van der Waals surface area contributed by atoms with Crippen molar-refractivity contribution in [3.05, 3.63) is 90.9 Å². The van der Waals surface area contributed by atoms with Gasteiger partial charge in [-0.05, 0) is 54.6 Å². The SMILES string of the molecule is C=CCOc1ccc(C(=O)Nc2cccc(NC(=O)c3ccco3)c2)cc1. The molecule has 0 atom stereocenters. The molecule has 0 aliphatic rings. The molecule has 0 aliphatic carbocycles. The maximum atomic E-state index is 12.4. The van der Waals surface area contributed by atoms with Gasteiger partial charge in [0.1, 0.15) is 12.4 Å². The molecule has 0 unspecified atom stereocenters. The Labute approximate surface area is 156 Å². The van der Waals surface area contributed by atoms with Gasteiger partial charge in [-0.2, -0.15) is 0 Å². The number of carbonyl (C=O) groups excluding carboxylic acids is 2. The summed E-state index contributed by atoms with van der Waals surface area (Å²) >= 11 is 0. The Morgan fingerprint density at radius 2 is 1.67 bits per heavy atom. The van der Waals surface area contributed by atoms with Gasteiger partial charge in [0.2, 0.25) is 0 Å². The zero-order valence-electron chi connectivity index (χ0n) is 14.5. The number of nitrogens with one attached hydrogen (secondary N) is 2. The van der Waals surface area contributed by atoms with E-state index in [1.165, 1.54) is 6.26 Å². The van der Waals surface area contributed by atoms with Gasteiger partial charge in [0, 0.05) is 16.9 Å². The van der Waals surface area contributed by atoms with E-state index in [4.69, 9.17) is 9.15 Å². The standard InChI is InChI=1S/C21H18N2O4/c1-2-12-26-18-10-8-15(9-11-18)20(24)22-16-5-3-6-17(14-16)23-21(25)19-7-4-13-27-19/h2-11,13-14H,1,12H2,(H,22,24)(H,23,25). The Hall–Kier alpha value is -3.80. The summed E-state index contributed by atoms with van der Waals surface area (Å²) < 4.78 is 10.5. The average molecular weight is 362 g/mol. The van der Waals surface area contributed by atoms with Gasteiger partial charge in [-0.3, -0.25) is 9.59 Å². The molecular formula is C21H18N2O4. The first-order chi connectivity index (χ1) is 13.2. The number of anilines is 2. The van der Waals surface area contributed by atoms with E-state index < -0.39 is 0 Å². The van der Waals surface area contributed by atoms with E-state index in [2.05, 4.69) is 17.2 Å². The van der Waals surface area contributed by atoms with Crippen LogP contribution in [0.3, 0.4) is 0 Å². The number of hydrogen-bond acceptors (Lipinski definition) is 4. The van der Waals surface area contributed by atoms with Gasteiger partial charge in [-0.1, -0.05) is 18.7 Å². The minimum atomic E-state index is -0.362. The second-order valence-corrected chi connectivity index (χ2v) is 5.59. The molecule has 3 rings (SSSR count). The predicted molar refractivity (Wildman–Crippen MR) is 103 cm³/mol. The Morgan fingerprint density at radius 3 is 2.30 bits per heavy atom. The number of ether oxygens (including phenoxy) is 1. The lowest BCUT2D eigenvalue weighted by atomic mass is 10.2. The lowest BCUT2D eigenvalue weighted by Gasteiger charge is -2.09. The maximum Gasteiger partial charge on any atom is 0.291 e. The van der Waals surface area contributed by atoms with Crippen molar-refractivity contribution in [1.82, 2.24) is 0 Å². The Bertz CT molecular complexity index is 931. The van der Waals surface area contributed by atoms with E-state index in [1.54, 1.807) is 66.7 Å². The van der Waals surface area contributed by atoms with Crippen molar-refractivity contribution in [2.45, 2.75) is 0 Å². The van der Waals surface area contributed by atoms with E-state index in [0.717, 1.165) is 0 Å². The molecule has 0 saturated carbocycles. The summed E-state index contributed by atoms with van der Waals surface area (Å²) in [4.78, 5) is 24.4. The van der Waals surface area contributed by atoms with Crippen LogP contribution in [-0.2, 0) is 0 Å². The topological polar surface area (TPSA) is 80.6 Å². The van der Waals surface area contributed by atoms with Crippen molar-refractivity contribution < 1.29 is 18.7 Å². The van der Waals surface area contributed by atoms with Crippen molar-refractivity contribution in [1.29, 1.82) is 0 Å². The number of amides is 2. The summed E-state index contributed by atoms with van der Waals surface area (Å²) in [6, 6.07) is 16.9. The molecule has 2 aromatic carbocycles. The number of hydrogen-bond donors (Lipinski definition) is 2. The molecule has 2 amide bonds. The summed E-state index contributed by atoms with van der Waals surface area (Å²) in [6.07, 6.45) is 3.08.